The third kappa shape index (κ3) is 5.15. The van der Waals surface area contributed by atoms with E-state index in [2.05, 4.69) is 5.43 Å². The molecule has 1 N–H and O–H groups in total. The number of benzene rings is 3. The number of imide groups is 1. The van der Waals surface area contributed by atoms with Gasteiger partial charge >= 0.3 is 0 Å². The van der Waals surface area contributed by atoms with Crippen LogP contribution in [0.2, 0.25) is 0 Å². The average molecular weight is 502 g/mol. The number of methoxy groups -OCH3 is 1. The molecule has 1 fully saturated rings. The molecule has 0 radical (unpaired) electrons. The molecule has 0 spiro atoms. The number of nitrogens with one attached hydrogen (secondary N) is 1. The van der Waals surface area contributed by atoms with Crippen molar-refractivity contribution < 1.29 is 28.8 Å². The Morgan fingerprint density at radius 2 is 1.70 bits per heavy atom. The van der Waals surface area contributed by atoms with Crippen molar-refractivity contribution in [2.24, 2.45) is 0 Å². The number of aryl methyl sites for hydroxylation is 1. The second-order valence-electron chi connectivity index (χ2n) is 8.27. The first-order chi connectivity index (χ1) is 17.7. The Labute approximate surface area is 211 Å². The van der Waals surface area contributed by atoms with Gasteiger partial charge in [0, 0.05) is 23.3 Å². The quantitative estimate of drug-likeness (QED) is 0.310. The van der Waals surface area contributed by atoms with Gasteiger partial charge in [0.25, 0.3) is 23.4 Å². The molecule has 0 saturated carbocycles. The van der Waals surface area contributed by atoms with Crippen molar-refractivity contribution in [3.63, 3.8) is 0 Å². The molecule has 1 atom stereocenters. The zero-order chi connectivity index (χ0) is 26.7. The van der Waals surface area contributed by atoms with Crippen LogP contribution in [0.15, 0.2) is 72.8 Å². The lowest BCUT2D eigenvalue weighted by Crippen LogP contribution is -2.54. The van der Waals surface area contributed by atoms with Crippen LogP contribution in [0.4, 0.5) is 11.4 Å². The maximum atomic E-state index is 13.5. The maximum Gasteiger partial charge on any atom is 0.273 e. The van der Waals surface area contributed by atoms with E-state index >= 15 is 0 Å². The van der Waals surface area contributed by atoms with Gasteiger partial charge in [-0.3, -0.25) is 34.7 Å². The molecular formula is C26H22N4O7. The molecular weight excluding hydrogens is 480 g/mol. The fraction of sp³-hybridized carbons (Fsp3) is 0.154. The molecule has 0 aromatic heterocycles. The van der Waals surface area contributed by atoms with Gasteiger partial charge in [0.15, 0.2) is 0 Å². The summed E-state index contributed by atoms with van der Waals surface area (Å²) < 4.78 is 5.09. The lowest BCUT2D eigenvalue weighted by Gasteiger charge is -2.28. The molecule has 37 heavy (non-hydrogen) atoms. The van der Waals surface area contributed by atoms with E-state index in [4.69, 9.17) is 4.74 Å². The van der Waals surface area contributed by atoms with Crippen LogP contribution in [0.1, 0.15) is 32.7 Å². The van der Waals surface area contributed by atoms with E-state index in [-0.39, 0.29) is 16.8 Å². The average Bonchev–Trinajstić information content (AvgIpc) is 3.20. The molecule has 0 aliphatic carbocycles. The second-order valence-corrected chi connectivity index (χ2v) is 8.27. The van der Waals surface area contributed by atoms with Crippen molar-refractivity contribution in [1.82, 2.24) is 10.4 Å². The monoisotopic (exact) mass is 502 g/mol. The van der Waals surface area contributed by atoms with E-state index in [1.165, 1.54) is 37.4 Å². The zero-order valence-electron chi connectivity index (χ0n) is 19.9. The predicted octanol–water partition coefficient (Wildman–Crippen LogP) is 3.03. The summed E-state index contributed by atoms with van der Waals surface area (Å²) in [4.78, 5) is 64.3. The highest BCUT2D eigenvalue weighted by molar-refractivity contribution is 6.23. The fourth-order valence-electron chi connectivity index (χ4n) is 3.86. The SMILES string of the molecule is COc1ccc(C(=O)NN(C(=O)c2cccc([N+](=O)[O-])c2)C2CC(=O)N(c3ccc(C)cc3)C2=O)cc1. The Morgan fingerprint density at radius 1 is 1.03 bits per heavy atom. The van der Waals surface area contributed by atoms with Crippen molar-refractivity contribution >= 4 is 35.0 Å². The van der Waals surface area contributed by atoms with E-state index in [1.54, 1.807) is 36.4 Å². The normalized spacial score (nSPS) is 14.9. The molecule has 4 amide bonds. The Kier molecular flexibility index (Phi) is 6.96. The summed E-state index contributed by atoms with van der Waals surface area (Å²) in [6, 6.07) is 16.2. The molecule has 11 nitrogen and oxygen atoms in total. The topological polar surface area (TPSA) is 139 Å². The fourth-order valence-corrected chi connectivity index (χ4v) is 3.86. The van der Waals surface area contributed by atoms with Crippen molar-refractivity contribution in [3.8, 4) is 5.75 Å². The number of non-ortho nitro benzene ring substituents is 1. The third-order valence-corrected chi connectivity index (χ3v) is 5.82. The van der Waals surface area contributed by atoms with Crippen molar-refractivity contribution in [2.75, 3.05) is 12.0 Å². The standard InChI is InChI=1S/C26H22N4O7/c1-16-6-10-19(11-7-16)28-23(31)15-22(26(28)34)29(25(33)18-4-3-5-20(14-18)30(35)36)27-24(32)17-8-12-21(37-2)13-9-17/h3-14,22H,15H2,1-2H3,(H,27,32). The summed E-state index contributed by atoms with van der Waals surface area (Å²) in [5.41, 5.74) is 3.35. The van der Waals surface area contributed by atoms with E-state index in [0.29, 0.717) is 11.4 Å². The van der Waals surface area contributed by atoms with Gasteiger partial charge in [-0.15, -0.1) is 0 Å². The summed E-state index contributed by atoms with van der Waals surface area (Å²) in [5, 5.41) is 12.0. The van der Waals surface area contributed by atoms with Crippen LogP contribution in [0.3, 0.4) is 0 Å². The minimum Gasteiger partial charge on any atom is -0.497 e. The molecule has 1 saturated heterocycles. The number of anilines is 1. The van der Waals surface area contributed by atoms with E-state index in [9.17, 15) is 29.3 Å². The number of amides is 4. The number of hydrazine groups is 1. The lowest BCUT2D eigenvalue weighted by atomic mass is 10.1. The van der Waals surface area contributed by atoms with Gasteiger partial charge in [-0.25, -0.2) is 9.91 Å². The number of hydrogen-bond donors (Lipinski definition) is 1. The number of nitro groups is 1. The van der Waals surface area contributed by atoms with Gasteiger partial charge < -0.3 is 4.74 Å². The smallest absolute Gasteiger partial charge is 0.273 e. The molecule has 4 rings (SSSR count). The van der Waals surface area contributed by atoms with E-state index in [1.807, 2.05) is 6.92 Å². The highest BCUT2D eigenvalue weighted by Gasteiger charge is 2.45. The zero-order valence-corrected chi connectivity index (χ0v) is 19.9. The number of ether oxygens (including phenoxy) is 1. The van der Waals surface area contributed by atoms with Gasteiger partial charge in [-0.1, -0.05) is 23.8 Å². The molecule has 3 aromatic carbocycles. The van der Waals surface area contributed by atoms with Gasteiger partial charge in [0.2, 0.25) is 5.91 Å². The molecule has 11 heteroatoms. The Bertz CT molecular complexity index is 1390. The van der Waals surface area contributed by atoms with E-state index < -0.39 is 41.0 Å². The van der Waals surface area contributed by atoms with Crippen LogP contribution >= 0.6 is 0 Å². The maximum absolute atomic E-state index is 13.5. The number of nitro benzene ring substituents is 1. The van der Waals surface area contributed by atoms with Crippen LogP contribution in [-0.2, 0) is 9.59 Å². The molecule has 1 unspecified atom stereocenters. The minimum absolute atomic E-state index is 0.140. The summed E-state index contributed by atoms with van der Waals surface area (Å²) in [7, 11) is 1.47. The number of nitrogens with zero attached hydrogens (tertiary/aromatic N) is 3. The molecule has 188 valence electrons. The largest absolute Gasteiger partial charge is 0.497 e. The Hall–Kier alpha value is -5.06. The first-order valence-electron chi connectivity index (χ1n) is 11.2. The van der Waals surface area contributed by atoms with Crippen LogP contribution in [0, 0.1) is 17.0 Å². The van der Waals surface area contributed by atoms with Gasteiger partial charge in [-0.05, 0) is 49.4 Å². The summed E-state index contributed by atoms with van der Waals surface area (Å²) in [5.74, 6) is -2.39. The summed E-state index contributed by atoms with van der Waals surface area (Å²) in [6.07, 6.45) is -0.393. The number of hydrogen-bond acceptors (Lipinski definition) is 7. The molecule has 3 aromatic rings. The van der Waals surface area contributed by atoms with E-state index in [0.717, 1.165) is 21.5 Å². The molecule has 1 heterocycles. The Balaban J connectivity index is 1.69. The lowest BCUT2D eigenvalue weighted by molar-refractivity contribution is -0.384. The van der Waals surface area contributed by atoms with Crippen LogP contribution in [0.25, 0.3) is 0 Å². The van der Waals surface area contributed by atoms with Gasteiger partial charge in [0.05, 0.1) is 24.1 Å². The minimum atomic E-state index is -1.37. The molecule has 1 aliphatic heterocycles. The van der Waals surface area contributed by atoms with Crippen LogP contribution in [-0.4, -0.2) is 46.7 Å². The molecule has 0 bridgehead atoms. The van der Waals surface area contributed by atoms with Crippen LogP contribution < -0.4 is 15.1 Å². The number of carbonyl (C=O) groups excluding carboxylic acids is 4. The van der Waals surface area contributed by atoms with Crippen molar-refractivity contribution in [1.29, 1.82) is 0 Å². The molecule has 1 aliphatic rings. The van der Waals surface area contributed by atoms with Gasteiger partial charge in [-0.2, -0.15) is 0 Å². The summed E-state index contributed by atoms with van der Waals surface area (Å²) in [6.45, 7) is 1.86. The van der Waals surface area contributed by atoms with Gasteiger partial charge in [0.1, 0.15) is 11.8 Å². The number of rotatable bonds is 6. The third-order valence-electron chi connectivity index (χ3n) is 5.82. The highest BCUT2D eigenvalue weighted by atomic mass is 16.6. The summed E-state index contributed by atoms with van der Waals surface area (Å²) >= 11 is 0. The van der Waals surface area contributed by atoms with Crippen molar-refractivity contribution in [3.05, 3.63) is 99.6 Å². The first kappa shape index (κ1) is 25.0. The van der Waals surface area contributed by atoms with Crippen LogP contribution in [0.5, 0.6) is 5.75 Å². The Morgan fingerprint density at radius 3 is 2.32 bits per heavy atom. The second kappa shape index (κ2) is 10.3. The van der Waals surface area contributed by atoms with Crippen molar-refractivity contribution in [2.45, 2.75) is 19.4 Å². The first-order valence-corrected chi connectivity index (χ1v) is 11.2. The number of carbonyl (C=O) groups is 4. The predicted molar refractivity (Wildman–Crippen MR) is 132 cm³/mol. The highest BCUT2D eigenvalue weighted by Crippen LogP contribution is 2.27.